The molecule has 2 heterocycles. The molecular formula is C7H12N2O. The second-order valence-corrected chi connectivity index (χ2v) is 3.13. The van der Waals surface area contributed by atoms with E-state index in [2.05, 4.69) is 5.32 Å². The van der Waals surface area contributed by atoms with Crippen molar-refractivity contribution in [2.24, 2.45) is 0 Å². The van der Waals surface area contributed by atoms with Crippen molar-refractivity contribution in [3.05, 3.63) is 0 Å². The molecule has 0 aromatic heterocycles. The highest BCUT2D eigenvalue weighted by Crippen LogP contribution is 2.23. The van der Waals surface area contributed by atoms with Crippen LogP contribution in [-0.2, 0) is 4.79 Å². The van der Waals surface area contributed by atoms with E-state index >= 15 is 0 Å². The van der Waals surface area contributed by atoms with Crippen LogP contribution >= 0.6 is 0 Å². The van der Waals surface area contributed by atoms with Gasteiger partial charge in [0, 0.05) is 25.6 Å². The number of nitrogens with one attached hydrogen (secondary N) is 1. The molecule has 2 atom stereocenters. The quantitative estimate of drug-likeness (QED) is 0.495. The van der Waals surface area contributed by atoms with Gasteiger partial charge < -0.3 is 10.2 Å². The van der Waals surface area contributed by atoms with Crippen molar-refractivity contribution >= 4 is 5.91 Å². The highest BCUT2D eigenvalue weighted by Gasteiger charge is 2.39. The van der Waals surface area contributed by atoms with Gasteiger partial charge in [-0.3, -0.25) is 4.79 Å². The minimum atomic E-state index is 0.294. The fourth-order valence-electron chi connectivity index (χ4n) is 1.94. The molecule has 0 spiro atoms. The second kappa shape index (κ2) is 1.95. The lowest BCUT2D eigenvalue weighted by Gasteiger charge is -2.16. The normalized spacial score (nSPS) is 38.9. The third kappa shape index (κ3) is 0.669. The number of likely N-dealkylation sites (N-methyl/N-ethyl adjacent to an activating group) is 1. The Kier molecular flexibility index (Phi) is 1.20. The number of carbonyl (C=O) groups is 1. The second-order valence-electron chi connectivity index (χ2n) is 3.13. The van der Waals surface area contributed by atoms with Gasteiger partial charge >= 0.3 is 0 Å². The first kappa shape index (κ1) is 6.16. The van der Waals surface area contributed by atoms with Gasteiger partial charge in [-0.05, 0) is 13.0 Å². The predicted octanol–water partition coefficient (Wildman–Crippen LogP) is -0.421. The van der Waals surface area contributed by atoms with Crippen molar-refractivity contribution < 1.29 is 4.79 Å². The molecule has 2 rings (SSSR count). The summed E-state index contributed by atoms with van der Waals surface area (Å²) >= 11 is 0. The molecule has 2 unspecified atom stereocenters. The number of hydrogen-bond donors (Lipinski definition) is 1. The summed E-state index contributed by atoms with van der Waals surface area (Å²) in [7, 11) is 1.90. The Morgan fingerprint density at radius 2 is 2.50 bits per heavy atom. The van der Waals surface area contributed by atoms with Crippen molar-refractivity contribution in [1.82, 2.24) is 10.2 Å². The fraction of sp³-hybridized carbons (Fsp3) is 0.857. The van der Waals surface area contributed by atoms with E-state index in [1.165, 1.54) is 0 Å². The van der Waals surface area contributed by atoms with Gasteiger partial charge in [0.15, 0.2) is 0 Å². The number of hydrogen-bond acceptors (Lipinski definition) is 2. The van der Waals surface area contributed by atoms with E-state index in [1.54, 1.807) is 0 Å². The molecule has 0 saturated carbocycles. The van der Waals surface area contributed by atoms with E-state index in [0.29, 0.717) is 24.4 Å². The number of fused-ring (bicyclic) bond motifs is 1. The molecule has 3 heteroatoms. The van der Waals surface area contributed by atoms with E-state index < -0.39 is 0 Å². The van der Waals surface area contributed by atoms with Gasteiger partial charge in [-0.25, -0.2) is 0 Å². The monoisotopic (exact) mass is 140 g/mol. The zero-order chi connectivity index (χ0) is 7.14. The third-order valence-electron chi connectivity index (χ3n) is 2.60. The molecule has 2 aliphatic heterocycles. The first-order valence-corrected chi connectivity index (χ1v) is 3.78. The van der Waals surface area contributed by atoms with E-state index in [0.717, 1.165) is 13.0 Å². The Balaban J connectivity index is 2.16. The maximum atomic E-state index is 11.1. The molecule has 10 heavy (non-hydrogen) atoms. The summed E-state index contributed by atoms with van der Waals surface area (Å²) in [6.45, 7) is 1.08. The van der Waals surface area contributed by atoms with Crippen LogP contribution in [0.3, 0.4) is 0 Å². The van der Waals surface area contributed by atoms with E-state index in [-0.39, 0.29) is 0 Å². The van der Waals surface area contributed by atoms with Gasteiger partial charge in [-0.1, -0.05) is 0 Å². The topological polar surface area (TPSA) is 32.3 Å². The van der Waals surface area contributed by atoms with Crippen LogP contribution in [0, 0.1) is 0 Å². The van der Waals surface area contributed by atoms with Crippen LogP contribution < -0.4 is 5.32 Å². The first-order valence-electron chi connectivity index (χ1n) is 3.78. The molecule has 2 fully saturated rings. The smallest absolute Gasteiger partial charge is 0.224 e. The molecule has 1 N–H and O–H groups in total. The Labute approximate surface area is 60.4 Å². The van der Waals surface area contributed by atoms with Crippen molar-refractivity contribution in [1.29, 1.82) is 0 Å². The molecule has 0 aromatic rings. The van der Waals surface area contributed by atoms with E-state index in [4.69, 9.17) is 0 Å². The fourth-order valence-corrected chi connectivity index (χ4v) is 1.94. The molecule has 1 amide bonds. The van der Waals surface area contributed by atoms with Gasteiger partial charge in [-0.15, -0.1) is 0 Å². The summed E-state index contributed by atoms with van der Waals surface area (Å²) < 4.78 is 0. The zero-order valence-electron chi connectivity index (χ0n) is 6.13. The van der Waals surface area contributed by atoms with Gasteiger partial charge in [0.2, 0.25) is 5.91 Å². The maximum Gasteiger partial charge on any atom is 0.224 e. The highest BCUT2D eigenvalue weighted by atomic mass is 16.2. The van der Waals surface area contributed by atoms with Crippen molar-refractivity contribution in [3.63, 3.8) is 0 Å². The molecule has 3 nitrogen and oxygen atoms in total. The van der Waals surface area contributed by atoms with Gasteiger partial charge in [0.25, 0.3) is 0 Å². The lowest BCUT2D eigenvalue weighted by atomic mass is 10.1. The molecule has 2 saturated heterocycles. The molecule has 0 aliphatic carbocycles. The van der Waals surface area contributed by atoms with Gasteiger partial charge in [0.1, 0.15) is 0 Å². The number of nitrogens with zero attached hydrogens (tertiary/aromatic N) is 1. The first-order chi connectivity index (χ1) is 4.79. The lowest BCUT2D eigenvalue weighted by molar-refractivity contribution is -0.127. The van der Waals surface area contributed by atoms with Gasteiger partial charge in [-0.2, -0.15) is 0 Å². The lowest BCUT2D eigenvalue weighted by Crippen LogP contribution is -2.32. The largest absolute Gasteiger partial charge is 0.341 e. The minimum Gasteiger partial charge on any atom is -0.341 e. The highest BCUT2D eigenvalue weighted by molar-refractivity contribution is 5.79. The SMILES string of the molecule is CN1C(=O)CC2NCCC21. The Hall–Kier alpha value is -0.570. The van der Waals surface area contributed by atoms with Crippen molar-refractivity contribution in [2.75, 3.05) is 13.6 Å². The Morgan fingerprint density at radius 1 is 1.70 bits per heavy atom. The van der Waals surface area contributed by atoms with E-state index in [9.17, 15) is 4.79 Å². The number of amides is 1. The van der Waals surface area contributed by atoms with Crippen LogP contribution in [0.25, 0.3) is 0 Å². The van der Waals surface area contributed by atoms with Crippen molar-refractivity contribution in [2.45, 2.75) is 24.9 Å². The van der Waals surface area contributed by atoms with Crippen molar-refractivity contribution in [3.8, 4) is 0 Å². The molecule has 0 aromatic carbocycles. The van der Waals surface area contributed by atoms with Crippen LogP contribution in [-0.4, -0.2) is 36.5 Å². The third-order valence-corrected chi connectivity index (χ3v) is 2.60. The number of carbonyl (C=O) groups excluding carboxylic acids is 1. The average Bonchev–Trinajstić information content (AvgIpc) is 2.41. The molecule has 2 aliphatic rings. The Morgan fingerprint density at radius 3 is 3.20 bits per heavy atom. The van der Waals surface area contributed by atoms with Crippen LogP contribution in [0.1, 0.15) is 12.8 Å². The van der Waals surface area contributed by atoms with Crippen LogP contribution in [0.15, 0.2) is 0 Å². The maximum absolute atomic E-state index is 11.1. The summed E-state index contributed by atoms with van der Waals surface area (Å²) in [5.41, 5.74) is 0. The minimum absolute atomic E-state index is 0.294. The summed E-state index contributed by atoms with van der Waals surface area (Å²) in [6, 6.07) is 0.949. The summed E-state index contributed by atoms with van der Waals surface area (Å²) in [6.07, 6.45) is 1.84. The number of rotatable bonds is 0. The molecule has 0 bridgehead atoms. The van der Waals surface area contributed by atoms with Crippen LogP contribution in [0.2, 0.25) is 0 Å². The summed E-state index contributed by atoms with van der Waals surface area (Å²) in [5.74, 6) is 0.294. The van der Waals surface area contributed by atoms with Crippen LogP contribution in [0.4, 0.5) is 0 Å². The standard InChI is InChI=1S/C7H12N2O/c1-9-6-2-3-8-5(6)4-7(9)10/h5-6,8H,2-4H2,1H3. The van der Waals surface area contributed by atoms with E-state index in [1.807, 2.05) is 11.9 Å². The zero-order valence-corrected chi connectivity index (χ0v) is 6.13. The molecule has 56 valence electrons. The molecular weight excluding hydrogens is 128 g/mol. The van der Waals surface area contributed by atoms with Gasteiger partial charge in [0.05, 0.1) is 0 Å². The summed E-state index contributed by atoms with van der Waals surface area (Å²) in [4.78, 5) is 13.0. The molecule has 0 radical (unpaired) electrons. The van der Waals surface area contributed by atoms with Crippen LogP contribution in [0.5, 0.6) is 0 Å². The predicted molar refractivity (Wildman–Crippen MR) is 37.6 cm³/mol. The number of likely N-dealkylation sites (tertiary alicyclic amines) is 1. The average molecular weight is 140 g/mol. The summed E-state index contributed by atoms with van der Waals surface area (Å²) in [5, 5.41) is 3.32. The Bertz CT molecular complexity index is 169.